The number of rotatable bonds is 4. The van der Waals surface area contributed by atoms with Gasteiger partial charge in [-0.1, -0.05) is 86.8 Å². The first-order valence-electron chi connectivity index (χ1n) is 7.44. The van der Waals surface area contributed by atoms with Crippen molar-refractivity contribution < 1.29 is 4.43 Å². The Morgan fingerprint density at radius 3 is 1.59 bits per heavy atom. The summed E-state index contributed by atoms with van der Waals surface area (Å²) in [6, 6.07) is 0. The fourth-order valence-electron chi connectivity index (χ4n) is 4.12. The van der Waals surface area contributed by atoms with Crippen LogP contribution >= 0.6 is 22.6 Å². The van der Waals surface area contributed by atoms with Gasteiger partial charge in [-0.2, -0.15) is 0 Å². The molecule has 3 heteroatoms. The molecule has 0 aromatic rings. The van der Waals surface area contributed by atoms with Gasteiger partial charge >= 0.3 is 0 Å². The highest BCUT2D eigenvalue weighted by molar-refractivity contribution is 14.1. The monoisotopic (exact) mass is 366 g/mol. The molecule has 1 nitrogen and oxygen atoms in total. The van der Waals surface area contributed by atoms with Crippen molar-refractivity contribution in [3.8, 4) is 0 Å². The SMILES string of the molecule is CO[Si](CI)(C1CCCCC1)C1CCCCC1. The zero-order valence-electron chi connectivity index (χ0n) is 11.2. The molecule has 0 aliphatic heterocycles. The van der Waals surface area contributed by atoms with Crippen LogP contribution in [-0.2, 0) is 4.43 Å². The van der Waals surface area contributed by atoms with Crippen molar-refractivity contribution in [3.63, 3.8) is 0 Å². The van der Waals surface area contributed by atoms with Crippen LogP contribution in [0, 0.1) is 0 Å². The predicted molar refractivity (Wildman–Crippen MR) is 85.3 cm³/mol. The zero-order chi connectivity index (χ0) is 12.1. The van der Waals surface area contributed by atoms with E-state index in [0.29, 0.717) is 0 Å². The normalized spacial score (nSPS) is 25.1. The van der Waals surface area contributed by atoms with Gasteiger partial charge in [0.05, 0.1) is 0 Å². The molecule has 0 spiro atoms. The molecule has 100 valence electrons. The largest absolute Gasteiger partial charge is 0.419 e. The van der Waals surface area contributed by atoms with Gasteiger partial charge in [0.2, 0.25) is 8.32 Å². The highest BCUT2D eigenvalue weighted by Gasteiger charge is 2.48. The lowest BCUT2D eigenvalue weighted by Gasteiger charge is -2.45. The number of alkyl halides is 1. The quantitative estimate of drug-likeness (QED) is 0.377. The summed E-state index contributed by atoms with van der Waals surface area (Å²) in [6.07, 6.45) is 14.7. The maximum Gasteiger partial charge on any atom is 0.207 e. The van der Waals surface area contributed by atoms with Gasteiger partial charge in [-0.05, 0) is 11.1 Å². The Morgan fingerprint density at radius 1 is 0.882 bits per heavy atom. The van der Waals surface area contributed by atoms with E-state index in [1.54, 1.807) is 0 Å². The molecule has 2 saturated carbocycles. The summed E-state index contributed by atoms with van der Waals surface area (Å²) in [7, 11) is 0.581. The summed E-state index contributed by atoms with van der Waals surface area (Å²) in [4.78, 5) is 0. The number of halogens is 1. The third kappa shape index (κ3) is 3.08. The molecule has 2 rings (SSSR count). The van der Waals surface area contributed by atoms with Crippen LogP contribution in [-0.4, -0.2) is 19.5 Å². The van der Waals surface area contributed by atoms with Crippen LogP contribution in [0.25, 0.3) is 0 Å². The Hall–Kier alpha value is 0.907. The average Bonchev–Trinajstić information content (AvgIpc) is 2.43. The molecule has 0 atom stereocenters. The van der Waals surface area contributed by atoms with Crippen LogP contribution in [0.5, 0.6) is 0 Å². The number of hydrogen-bond donors (Lipinski definition) is 0. The average molecular weight is 366 g/mol. The second-order valence-electron chi connectivity index (χ2n) is 5.96. The van der Waals surface area contributed by atoms with Crippen molar-refractivity contribution in [2.24, 2.45) is 0 Å². The summed E-state index contributed by atoms with van der Waals surface area (Å²) < 4.78 is 7.63. The van der Waals surface area contributed by atoms with Gasteiger partial charge in [0, 0.05) is 11.2 Å². The third-order valence-electron chi connectivity index (χ3n) is 5.18. The molecule has 2 fully saturated rings. The van der Waals surface area contributed by atoms with E-state index in [0.717, 1.165) is 11.1 Å². The lowest BCUT2D eigenvalue weighted by molar-refractivity contribution is 0.324. The van der Waals surface area contributed by atoms with E-state index in [2.05, 4.69) is 22.6 Å². The van der Waals surface area contributed by atoms with Crippen LogP contribution in [0.4, 0.5) is 0 Å². The minimum absolute atomic E-state index is 0.973. The second-order valence-corrected chi connectivity index (χ2v) is 12.5. The van der Waals surface area contributed by atoms with E-state index in [4.69, 9.17) is 4.43 Å². The maximum atomic E-state index is 6.30. The van der Waals surface area contributed by atoms with Crippen LogP contribution in [0.1, 0.15) is 64.2 Å². The molecule has 0 amide bonds. The second kappa shape index (κ2) is 6.90. The van der Waals surface area contributed by atoms with Gasteiger partial charge in [-0.15, -0.1) is 0 Å². The fraction of sp³-hybridized carbons (Fsp3) is 1.00. The van der Waals surface area contributed by atoms with Crippen LogP contribution in [0.2, 0.25) is 11.1 Å². The van der Waals surface area contributed by atoms with Gasteiger partial charge in [0.15, 0.2) is 0 Å². The summed E-state index contributed by atoms with van der Waals surface area (Å²) in [6.45, 7) is 0. The van der Waals surface area contributed by atoms with Gasteiger partial charge in [0.1, 0.15) is 0 Å². The lowest BCUT2D eigenvalue weighted by Crippen LogP contribution is -2.50. The molecule has 2 aliphatic carbocycles. The van der Waals surface area contributed by atoms with Gasteiger partial charge in [-0.25, -0.2) is 0 Å². The predicted octanol–water partition coefficient (Wildman–Crippen LogP) is 5.22. The minimum Gasteiger partial charge on any atom is -0.419 e. The molecule has 0 heterocycles. The third-order valence-corrected chi connectivity index (χ3v) is 13.9. The van der Waals surface area contributed by atoms with Crippen LogP contribution < -0.4 is 0 Å². The standard InChI is InChI=1S/C14H27IOSi/c1-16-17(12-15,13-8-4-2-5-9-13)14-10-6-3-7-11-14/h13-14H,2-12H2,1H3. The Balaban J connectivity index is 2.10. The van der Waals surface area contributed by atoms with Crippen LogP contribution in [0.15, 0.2) is 0 Å². The van der Waals surface area contributed by atoms with E-state index in [-0.39, 0.29) is 0 Å². The maximum absolute atomic E-state index is 6.30. The van der Waals surface area contributed by atoms with Crippen molar-refractivity contribution in [2.75, 3.05) is 11.2 Å². The minimum atomic E-state index is -1.46. The molecular formula is C14H27IOSi. The first-order chi connectivity index (χ1) is 8.33. The van der Waals surface area contributed by atoms with Gasteiger partial charge < -0.3 is 4.43 Å². The topological polar surface area (TPSA) is 9.23 Å². The molecule has 0 radical (unpaired) electrons. The smallest absolute Gasteiger partial charge is 0.207 e. The summed E-state index contributed by atoms with van der Waals surface area (Å²) in [5, 5.41) is 0. The van der Waals surface area contributed by atoms with E-state index in [1.165, 1.54) is 68.3 Å². The molecule has 0 aromatic carbocycles. The molecule has 2 aliphatic rings. The Morgan fingerprint density at radius 2 is 1.29 bits per heavy atom. The summed E-state index contributed by atoms with van der Waals surface area (Å²) >= 11 is 2.64. The van der Waals surface area contributed by atoms with E-state index in [9.17, 15) is 0 Å². The van der Waals surface area contributed by atoms with E-state index < -0.39 is 8.32 Å². The van der Waals surface area contributed by atoms with Crippen molar-refractivity contribution in [3.05, 3.63) is 0 Å². The zero-order valence-corrected chi connectivity index (χ0v) is 14.4. The molecule has 17 heavy (non-hydrogen) atoms. The molecule has 0 saturated heterocycles. The molecule has 0 unspecified atom stereocenters. The van der Waals surface area contributed by atoms with E-state index in [1.807, 2.05) is 7.11 Å². The van der Waals surface area contributed by atoms with Gasteiger partial charge in [-0.3, -0.25) is 0 Å². The molecule has 0 aromatic heterocycles. The van der Waals surface area contributed by atoms with Crippen molar-refractivity contribution in [1.82, 2.24) is 0 Å². The molecule has 0 N–H and O–H groups in total. The molecular weight excluding hydrogens is 339 g/mol. The van der Waals surface area contributed by atoms with E-state index >= 15 is 0 Å². The van der Waals surface area contributed by atoms with Crippen molar-refractivity contribution >= 4 is 30.9 Å². The summed E-state index contributed by atoms with van der Waals surface area (Å²) in [5.41, 5.74) is 1.95. The van der Waals surface area contributed by atoms with Crippen molar-refractivity contribution in [2.45, 2.75) is 75.3 Å². The van der Waals surface area contributed by atoms with Crippen LogP contribution in [0.3, 0.4) is 0 Å². The fourth-order valence-corrected chi connectivity index (χ4v) is 13.4. The lowest BCUT2D eigenvalue weighted by atomic mass is 9.99. The molecule has 0 bridgehead atoms. The van der Waals surface area contributed by atoms with Crippen molar-refractivity contribution in [1.29, 1.82) is 0 Å². The first-order valence-corrected chi connectivity index (χ1v) is 11.2. The highest BCUT2D eigenvalue weighted by atomic mass is 127. The Kier molecular flexibility index (Phi) is 5.81. The first kappa shape index (κ1) is 14.3. The number of hydrogen-bond acceptors (Lipinski definition) is 1. The van der Waals surface area contributed by atoms with Gasteiger partial charge in [0.25, 0.3) is 0 Å². The Labute approximate surface area is 121 Å². The summed E-state index contributed by atoms with van der Waals surface area (Å²) in [5.74, 6) is 0. The Bertz CT molecular complexity index is 198. The highest BCUT2D eigenvalue weighted by Crippen LogP contribution is 2.49.